The molecule has 20 nitrogen and oxygen atoms in total. The highest BCUT2D eigenvalue weighted by Crippen LogP contribution is 2.57. The van der Waals surface area contributed by atoms with E-state index in [9.17, 15) is 49.2 Å². The van der Waals surface area contributed by atoms with Crippen LogP contribution in [-0.4, -0.2) is 101 Å². The molecule has 8 N–H and O–H groups in total. The van der Waals surface area contributed by atoms with E-state index in [0.717, 1.165) is 10.9 Å². The minimum Gasteiger partial charge on any atom is -0.756 e. The van der Waals surface area contributed by atoms with Crippen LogP contribution in [0.4, 0.5) is 5.95 Å². The number of aromatic amines is 1. The van der Waals surface area contributed by atoms with E-state index >= 15 is 0 Å². The fourth-order valence-corrected chi connectivity index (χ4v) is 5.86. The molecular weight excluding hydrogens is 564 g/mol. The second-order valence-corrected chi connectivity index (χ2v) is 11.3. The van der Waals surface area contributed by atoms with E-state index in [4.69, 9.17) is 15.2 Å². The van der Waals surface area contributed by atoms with Crippen molar-refractivity contribution >= 4 is 32.8 Å². The predicted molar refractivity (Wildman–Crippen MR) is 114 cm³/mol. The van der Waals surface area contributed by atoms with Gasteiger partial charge in [0.05, 0.1) is 19.0 Å². The van der Waals surface area contributed by atoms with Gasteiger partial charge in [-0.05, 0) is 6.92 Å². The highest BCUT2D eigenvalue weighted by Gasteiger charge is 2.46. The molecule has 0 aromatic carbocycles. The van der Waals surface area contributed by atoms with E-state index in [1.807, 2.05) is 0 Å². The fourth-order valence-electron chi connectivity index (χ4n) is 3.78. The van der Waals surface area contributed by atoms with E-state index in [1.165, 1.54) is 6.92 Å². The quantitative estimate of drug-likeness (QED) is 0.142. The summed E-state index contributed by atoms with van der Waals surface area (Å²) in [5.41, 5.74) is 4.52. The molecule has 4 heterocycles. The number of nitrogen functional groups attached to an aromatic ring is 1. The lowest BCUT2D eigenvalue weighted by Crippen LogP contribution is -2.57. The fraction of sp³-hybridized carbons (Fsp3) is 0.688. The van der Waals surface area contributed by atoms with Gasteiger partial charge in [-0.3, -0.25) is 28.0 Å². The summed E-state index contributed by atoms with van der Waals surface area (Å²) in [5, 5.41) is 49.9. The van der Waals surface area contributed by atoms with Crippen LogP contribution in [0, 0.1) is 0 Å². The first-order valence-corrected chi connectivity index (χ1v) is 13.6. The zero-order chi connectivity index (χ0) is 28.2. The Bertz CT molecular complexity index is 1320. The van der Waals surface area contributed by atoms with Crippen LogP contribution in [0.5, 0.6) is 0 Å². The average Bonchev–Trinajstić information content (AvgIpc) is 3.35. The summed E-state index contributed by atoms with van der Waals surface area (Å²) in [6, 6.07) is 0. The van der Waals surface area contributed by atoms with Crippen molar-refractivity contribution in [3.63, 3.8) is 0 Å². The van der Waals surface area contributed by atoms with Crippen LogP contribution < -0.4 is 21.1 Å². The van der Waals surface area contributed by atoms with E-state index in [2.05, 4.69) is 28.3 Å². The number of aromatic nitrogens is 4. The minimum absolute atomic E-state index is 0.120. The molecule has 0 amide bonds. The summed E-state index contributed by atoms with van der Waals surface area (Å²) < 4.78 is 48.3. The summed E-state index contributed by atoms with van der Waals surface area (Å²) in [6.45, 7) is 0.168. The molecule has 38 heavy (non-hydrogen) atoms. The second-order valence-electron chi connectivity index (χ2n) is 8.38. The molecule has 0 bridgehead atoms. The van der Waals surface area contributed by atoms with Crippen LogP contribution in [-0.2, 0) is 32.0 Å². The van der Waals surface area contributed by atoms with Gasteiger partial charge in [0.25, 0.3) is 21.2 Å². The number of nitrogens with zero attached hydrogens (tertiary/aromatic N) is 3. The molecule has 2 fully saturated rings. The van der Waals surface area contributed by atoms with Crippen molar-refractivity contribution in [2.45, 2.75) is 62.2 Å². The molecule has 22 heteroatoms. The summed E-state index contributed by atoms with van der Waals surface area (Å²) in [6.07, 6.45) is -14.3. The van der Waals surface area contributed by atoms with Crippen molar-refractivity contribution in [3.8, 4) is 0 Å². The van der Waals surface area contributed by atoms with E-state index < -0.39 is 83.1 Å². The van der Waals surface area contributed by atoms with Gasteiger partial charge >= 0.3 is 0 Å². The number of imidazole rings is 1. The molecule has 0 aliphatic carbocycles. The van der Waals surface area contributed by atoms with Gasteiger partial charge in [0, 0.05) is 0 Å². The first kappa shape index (κ1) is 29.1. The summed E-state index contributed by atoms with van der Waals surface area (Å²) in [4.78, 5) is 46.1. The van der Waals surface area contributed by atoms with Crippen LogP contribution in [0.3, 0.4) is 0 Å². The number of fused-ring (bicyclic) bond motifs is 1. The number of phosphoric ester groups is 2. The van der Waals surface area contributed by atoms with Crippen LogP contribution in [0.15, 0.2) is 11.1 Å². The second kappa shape index (κ2) is 10.6. The molecule has 4 rings (SSSR count). The molecule has 2 aromatic heterocycles. The maximum absolute atomic E-state index is 12.1. The van der Waals surface area contributed by atoms with Crippen molar-refractivity contribution in [3.05, 3.63) is 16.7 Å². The number of phosphoric acid groups is 2. The van der Waals surface area contributed by atoms with Gasteiger partial charge in [0.2, 0.25) is 5.95 Å². The normalized spacial score (nSPS) is 37.2. The molecule has 11 atom stereocenters. The number of nitrogens with one attached hydrogen (secondary N) is 1. The highest BCUT2D eigenvalue weighted by molar-refractivity contribution is 7.59. The third-order valence-electron chi connectivity index (χ3n) is 5.70. The SMILES string of the molecule is CC1O[C@H](OP(=O)([O-])OP(=O)([O-])OC[C@H]2O[C@@H](n3cnc4c(=O)[nH]c(N)nc43)C(O)C2O)C(O)C(O)[C@@H]1O. The zero-order valence-electron chi connectivity index (χ0n) is 19.1. The minimum atomic E-state index is -5.82. The summed E-state index contributed by atoms with van der Waals surface area (Å²) in [7, 11) is -11.6. The average molecular weight is 587 g/mol. The number of ether oxygens (including phenoxy) is 2. The largest absolute Gasteiger partial charge is 0.756 e. The highest BCUT2D eigenvalue weighted by atomic mass is 31.3. The Morgan fingerprint density at radius 2 is 1.76 bits per heavy atom. The number of nitrogens with two attached hydrogens (primary N) is 1. The van der Waals surface area contributed by atoms with Gasteiger partial charge in [0.1, 0.15) is 36.6 Å². The number of anilines is 1. The number of aliphatic hydroxyl groups excluding tert-OH is 5. The number of hydrogen-bond acceptors (Lipinski definition) is 18. The van der Waals surface area contributed by atoms with Gasteiger partial charge in [-0.25, -0.2) is 9.29 Å². The van der Waals surface area contributed by atoms with Gasteiger partial charge in [-0.15, -0.1) is 0 Å². The molecule has 2 aliphatic rings. The molecule has 2 aliphatic heterocycles. The summed E-state index contributed by atoms with van der Waals surface area (Å²) >= 11 is 0. The van der Waals surface area contributed by atoms with Crippen molar-refractivity contribution < 1.29 is 67.3 Å². The Kier molecular flexibility index (Phi) is 8.12. The first-order chi connectivity index (χ1) is 17.6. The Morgan fingerprint density at radius 3 is 2.45 bits per heavy atom. The molecule has 214 valence electrons. The summed E-state index contributed by atoms with van der Waals surface area (Å²) in [5.74, 6) is -0.280. The first-order valence-electron chi connectivity index (χ1n) is 10.7. The molecular formula is C16H23N5O15P2-2. The Morgan fingerprint density at radius 1 is 1.08 bits per heavy atom. The van der Waals surface area contributed by atoms with Crippen LogP contribution >= 0.6 is 15.6 Å². The van der Waals surface area contributed by atoms with Gasteiger partial charge < -0.3 is 55.1 Å². The Balaban J connectivity index is 1.39. The molecule has 0 radical (unpaired) electrons. The van der Waals surface area contributed by atoms with Gasteiger partial charge in [-0.1, -0.05) is 0 Å². The lowest BCUT2D eigenvalue weighted by Gasteiger charge is -2.41. The maximum Gasteiger partial charge on any atom is 0.280 e. The number of hydrogen-bond donors (Lipinski definition) is 7. The molecule has 0 saturated carbocycles. The number of aliphatic hydroxyl groups is 5. The van der Waals surface area contributed by atoms with Crippen LogP contribution in [0.1, 0.15) is 13.2 Å². The topological polar surface area (TPSA) is 317 Å². The lowest BCUT2D eigenvalue weighted by atomic mass is 10.0. The third kappa shape index (κ3) is 5.83. The smallest absolute Gasteiger partial charge is 0.280 e. The standard InChI is InChI=1S/C16H25N5O15P2/c1-4-7(22)9(24)11(26)15(33-4)35-38(30,31)36-37(28,29)32-2-5-8(23)10(25)14(34-5)21-3-18-6-12(21)19-16(17)20-13(6)27/h3-5,7-11,14-15,22-26H,2H2,1H3,(H,28,29)(H,30,31)(H3,17,19,20,27)/p-2/t4?,5-,7-,8?,9?,10?,11?,14-,15-/m1/s1. The maximum atomic E-state index is 12.1. The predicted octanol–water partition coefficient (Wildman–Crippen LogP) is -4.86. The van der Waals surface area contributed by atoms with Crippen LogP contribution in [0.2, 0.25) is 0 Å². The van der Waals surface area contributed by atoms with Crippen molar-refractivity contribution in [2.75, 3.05) is 12.3 Å². The van der Waals surface area contributed by atoms with E-state index in [1.54, 1.807) is 0 Å². The van der Waals surface area contributed by atoms with Gasteiger partial charge in [0.15, 0.2) is 23.7 Å². The monoisotopic (exact) mass is 587 g/mol. The lowest BCUT2D eigenvalue weighted by molar-refractivity contribution is -0.299. The van der Waals surface area contributed by atoms with Crippen molar-refractivity contribution in [1.29, 1.82) is 0 Å². The molecule has 7 unspecified atom stereocenters. The Labute approximate surface area is 211 Å². The van der Waals surface area contributed by atoms with E-state index in [0.29, 0.717) is 0 Å². The Hall–Kier alpha value is -1.87. The van der Waals surface area contributed by atoms with Crippen molar-refractivity contribution in [1.82, 2.24) is 19.5 Å². The zero-order valence-corrected chi connectivity index (χ0v) is 20.9. The third-order valence-corrected chi connectivity index (χ3v) is 8.23. The van der Waals surface area contributed by atoms with Gasteiger partial charge in [-0.2, -0.15) is 4.98 Å². The number of H-pyrrole nitrogens is 1. The molecule has 2 aromatic rings. The van der Waals surface area contributed by atoms with Crippen molar-refractivity contribution in [2.24, 2.45) is 0 Å². The van der Waals surface area contributed by atoms with Crippen LogP contribution in [0.25, 0.3) is 11.2 Å². The van der Waals surface area contributed by atoms with E-state index in [-0.39, 0.29) is 17.1 Å². The molecule has 2 saturated heterocycles. The number of rotatable bonds is 8. The molecule has 0 spiro atoms.